The molecule has 2 aromatic rings. The first-order chi connectivity index (χ1) is 13.4. The van der Waals surface area contributed by atoms with Crippen LogP contribution < -0.4 is 10.6 Å². The standard InChI is InChI=1S/C22H25N3O3/c1-15-8-9-16(2)19(14-15)23-20(26)11-10-18-21(27)25(22(28)24-18)13-12-17-6-4-3-5-7-17/h3-9,14,18H,10-13H2,1-2H3,(H,23,26)(H,24,28). The lowest BCUT2D eigenvalue weighted by atomic mass is 10.1. The maximum atomic E-state index is 12.5. The minimum Gasteiger partial charge on any atom is -0.326 e. The molecule has 1 unspecified atom stereocenters. The molecule has 28 heavy (non-hydrogen) atoms. The quantitative estimate of drug-likeness (QED) is 0.725. The predicted octanol–water partition coefficient (Wildman–Crippen LogP) is 3.19. The van der Waals surface area contributed by atoms with Crippen LogP contribution in [0.25, 0.3) is 0 Å². The van der Waals surface area contributed by atoms with Crippen molar-refractivity contribution < 1.29 is 14.4 Å². The maximum absolute atomic E-state index is 12.5. The summed E-state index contributed by atoms with van der Waals surface area (Å²) in [5.74, 6) is -0.432. The van der Waals surface area contributed by atoms with E-state index >= 15 is 0 Å². The van der Waals surface area contributed by atoms with E-state index in [1.807, 2.05) is 62.4 Å². The number of carbonyl (C=O) groups is 3. The maximum Gasteiger partial charge on any atom is 0.324 e. The van der Waals surface area contributed by atoms with Gasteiger partial charge in [-0.05, 0) is 49.4 Å². The van der Waals surface area contributed by atoms with Crippen molar-refractivity contribution in [3.05, 3.63) is 65.2 Å². The molecule has 1 atom stereocenters. The predicted molar refractivity (Wildman–Crippen MR) is 108 cm³/mol. The van der Waals surface area contributed by atoms with Crippen LogP contribution in [0.1, 0.15) is 29.5 Å². The number of nitrogens with one attached hydrogen (secondary N) is 2. The van der Waals surface area contributed by atoms with Crippen molar-refractivity contribution in [1.29, 1.82) is 0 Å². The summed E-state index contributed by atoms with van der Waals surface area (Å²) in [6.45, 7) is 4.23. The van der Waals surface area contributed by atoms with E-state index in [-0.39, 0.29) is 30.7 Å². The summed E-state index contributed by atoms with van der Waals surface area (Å²) in [6, 6.07) is 14.5. The largest absolute Gasteiger partial charge is 0.326 e. The molecular formula is C22H25N3O3. The highest BCUT2D eigenvalue weighted by Gasteiger charge is 2.37. The summed E-state index contributed by atoms with van der Waals surface area (Å²) in [5, 5.41) is 5.57. The normalized spacial score (nSPS) is 16.2. The Balaban J connectivity index is 1.50. The number of amides is 4. The number of imide groups is 1. The van der Waals surface area contributed by atoms with Gasteiger partial charge in [-0.1, -0.05) is 42.5 Å². The third-order valence-electron chi connectivity index (χ3n) is 4.90. The molecule has 1 aliphatic heterocycles. The molecule has 0 aromatic heterocycles. The molecule has 2 aromatic carbocycles. The third kappa shape index (κ3) is 4.76. The lowest BCUT2D eigenvalue weighted by molar-refractivity contribution is -0.127. The second-order valence-corrected chi connectivity index (χ2v) is 7.13. The van der Waals surface area contributed by atoms with Gasteiger partial charge < -0.3 is 10.6 Å². The summed E-state index contributed by atoms with van der Waals surface area (Å²) in [5.41, 5.74) is 3.89. The van der Waals surface area contributed by atoms with Crippen LogP contribution in [-0.4, -0.2) is 35.3 Å². The van der Waals surface area contributed by atoms with Crippen molar-refractivity contribution in [3.8, 4) is 0 Å². The fourth-order valence-corrected chi connectivity index (χ4v) is 3.23. The van der Waals surface area contributed by atoms with Gasteiger partial charge in [0, 0.05) is 18.7 Å². The SMILES string of the molecule is Cc1ccc(C)c(NC(=O)CCC2NC(=O)N(CCc3ccccc3)C2=O)c1. The van der Waals surface area contributed by atoms with Crippen molar-refractivity contribution in [2.24, 2.45) is 0 Å². The van der Waals surface area contributed by atoms with Crippen molar-refractivity contribution in [2.45, 2.75) is 39.2 Å². The highest BCUT2D eigenvalue weighted by Crippen LogP contribution is 2.18. The Bertz CT molecular complexity index is 880. The summed E-state index contributed by atoms with van der Waals surface area (Å²) in [4.78, 5) is 38.1. The minimum atomic E-state index is -0.646. The van der Waals surface area contributed by atoms with Crippen LogP contribution in [0.5, 0.6) is 0 Å². The molecule has 3 rings (SSSR count). The molecule has 1 heterocycles. The number of hydrogen-bond donors (Lipinski definition) is 2. The number of carbonyl (C=O) groups excluding carboxylic acids is 3. The molecule has 6 heteroatoms. The van der Waals surface area contributed by atoms with Gasteiger partial charge in [0.1, 0.15) is 6.04 Å². The molecule has 2 N–H and O–H groups in total. The number of benzene rings is 2. The first kappa shape index (κ1) is 19.6. The highest BCUT2D eigenvalue weighted by atomic mass is 16.2. The van der Waals surface area contributed by atoms with E-state index < -0.39 is 6.04 Å². The molecule has 0 aliphatic carbocycles. The molecule has 4 amide bonds. The fourth-order valence-electron chi connectivity index (χ4n) is 3.23. The van der Waals surface area contributed by atoms with Gasteiger partial charge in [0.2, 0.25) is 5.91 Å². The first-order valence-corrected chi connectivity index (χ1v) is 9.47. The Hall–Kier alpha value is -3.15. The van der Waals surface area contributed by atoms with Gasteiger partial charge in [-0.3, -0.25) is 14.5 Å². The summed E-state index contributed by atoms with van der Waals surface area (Å²) in [7, 11) is 0. The first-order valence-electron chi connectivity index (χ1n) is 9.47. The van der Waals surface area contributed by atoms with E-state index in [0.717, 1.165) is 22.4 Å². The number of hydrogen-bond acceptors (Lipinski definition) is 3. The zero-order valence-electron chi connectivity index (χ0n) is 16.2. The molecule has 1 fully saturated rings. The highest BCUT2D eigenvalue weighted by molar-refractivity contribution is 6.04. The number of aryl methyl sites for hydroxylation is 2. The Morgan fingerprint density at radius 3 is 2.61 bits per heavy atom. The molecule has 1 saturated heterocycles. The summed E-state index contributed by atoms with van der Waals surface area (Å²) in [6.07, 6.45) is 1.06. The van der Waals surface area contributed by atoms with E-state index in [2.05, 4.69) is 10.6 Å². The van der Waals surface area contributed by atoms with Crippen molar-refractivity contribution in [3.63, 3.8) is 0 Å². The Morgan fingerprint density at radius 1 is 1.11 bits per heavy atom. The van der Waals surface area contributed by atoms with Gasteiger partial charge >= 0.3 is 6.03 Å². The average Bonchev–Trinajstić information content (AvgIpc) is 2.95. The van der Waals surface area contributed by atoms with Gasteiger partial charge in [-0.15, -0.1) is 0 Å². The van der Waals surface area contributed by atoms with E-state index in [9.17, 15) is 14.4 Å². The van der Waals surface area contributed by atoms with E-state index in [0.29, 0.717) is 13.0 Å². The van der Waals surface area contributed by atoms with Crippen molar-refractivity contribution in [2.75, 3.05) is 11.9 Å². The number of urea groups is 1. The van der Waals surface area contributed by atoms with E-state index in [4.69, 9.17) is 0 Å². The monoisotopic (exact) mass is 379 g/mol. The van der Waals surface area contributed by atoms with Crippen LogP contribution in [0.3, 0.4) is 0 Å². The minimum absolute atomic E-state index is 0.163. The molecule has 146 valence electrons. The lowest BCUT2D eigenvalue weighted by Gasteiger charge is -2.13. The second kappa shape index (κ2) is 8.69. The summed E-state index contributed by atoms with van der Waals surface area (Å²) >= 11 is 0. The molecule has 0 spiro atoms. The Morgan fingerprint density at radius 2 is 1.86 bits per heavy atom. The molecule has 1 aliphatic rings. The lowest BCUT2D eigenvalue weighted by Crippen LogP contribution is -2.33. The van der Waals surface area contributed by atoms with Gasteiger partial charge in [0.15, 0.2) is 0 Å². The topological polar surface area (TPSA) is 78.5 Å². The molecular weight excluding hydrogens is 354 g/mol. The zero-order chi connectivity index (χ0) is 20.1. The van der Waals surface area contributed by atoms with Gasteiger partial charge in [0.05, 0.1) is 0 Å². The fraction of sp³-hybridized carbons (Fsp3) is 0.318. The number of rotatable bonds is 7. The van der Waals surface area contributed by atoms with E-state index in [1.165, 1.54) is 4.90 Å². The van der Waals surface area contributed by atoms with Crippen molar-refractivity contribution >= 4 is 23.5 Å². The van der Waals surface area contributed by atoms with E-state index in [1.54, 1.807) is 0 Å². The zero-order valence-corrected chi connectivity index (χ0v) is 16.2. The van der Waals surface area contributed by atoms with Gasteiger partial charge in [-0.2, -0.15) is 0 Å². The van der Waals surface area contributed by atoms with Crippen LogP contribution in [0.2, 0.25) is 0 Å². The molecule has 0 bridgehead atoms. The van der Waals surface area contributed by atoms with Crippen LogP contribution in [-0.2, 0) is 16.0 Å². The van der Waals surface area contributed by atoms with Crippen molar-refractivity contribution in [1.82, 2.24) is 10.2 Å². The van der Waals surface area contributed by atoms with Crippen LogP contribution in [0.15, 0.2) is 48.5 Å². The Kier molecular flexibility index (Phi) is 6.09. The van der Waals surface area contributed by atoms with Gasteiger partial charge in [-0.25, -0.2) is 4.79 Å². The van der Waals surface area contributed by atoms with Crippen LogP contribution >= 0.6 is 0 Å². The van der Waals surface area contributed by atoms with Crippen LogP contribution in [0, 0.1) is 13.8 Å². The number of anilines is 1. The number of nitrogens with zero attached hydrogens (tertiary/aromatic N) is 1. The molecule has 0 radical (unpaired) electrons. The second-order valence-electron chi connectivity index (χ2n) is 7.13. The molecule has 6 nitrogen and oxygen atoms in total. The third-order valence-corrected chi connectivity index (χ3v) is 4.90. The van der Waals surface area contributed by atoms with Crippen LogP contribution in [0.4, 0.5) is 10.5 Å². The average molecular weight is 379 g/mol. The van der Waals surface area contributed by atoms with Gasteiger partial charge in [0.25, 0.3) is 5.91 Å². The smallest absolute Gasteiger partial charge is 0.324 e. The summed E-state index contributed by atoms with van der Waals surface area (Å²) < 4.78 is 0. The molecule has 0 saturated carbocycles. The Labute approximate surface area is 164 Å².